The van der Waals surface area contributed by atoms with Gasteiger partial charge < -0.3 is 44.8 Å². The summed E-state index contributed by atoms with van der Waals surface area (Å²) in [5.74, 6) is 0. The van der Waals surface area contributed by atoms with Crippen molar-refractivity contribution < 1.29 is 44.8 Å². The topological polar surface area (TPSA) is 149 Å². The van der Waals surface area contributed by atoms with E-state index >= 15 is 0 Å². The van der Waals surface area contributed by atoms with Crippen molar-refractivity contribution >= 4 is 0 Å². The fraction of sp³-hybridized carbons (Fsp3) is 1.00. The Morgan fingerprint density at radius 3 is 2.20 bits per heavy atom. The first-order valence-electron chi connectivity index (χ1n) is 6.34. The minimum absolute atomic E-state index is 0.244. The molecule has 2 rings (SSSR count). The van der Waals surface area contributed by atoms with Gasteiger partial charge in [0.1, 0.15) is 36.6 Å². The van der Waals surface area contributed by atoms with E-state index in [1.54, 1.807) is 0 Å². The van der Waals surface area contributed by atoms with Crippen LogP contribution < -0.4 is 0 Å². The van der Waals surface area contributed by atoms with E-state index in [-0.39, 0.29) is 6.61 Å². The molecule has 0 aliphatic carbocycles. The molecule has 0 saturated carbocycles. The van der Waals surface area contributed by atoms with Gasteiger partial charge in [-0.15, -0.1) is 0 Å². The Hall–Kier alpha value is -0.360. The SMILES string of the molecule is C[C@@H]1O[C@@H](O)[C@H](O)[C@H](O)[C@H]1O[C@@H]1OC[C@@H](O)[C@H](O)[C@H]1O. The van der Waals surface area contributed by atoms with Crippen molar-refractivity contribution in [2.24, 2.45) is 0 Å². The van der Waals surface area contributed by atoms with Crippen LogP contribution in [0, 0.1) is 0 Å². The van der Waals surface area contributed by atoms with Crippen molar-refractivity contribution in [2.45, 2.75) is 62.2 Å². The van der Waals surface area contributed by atoms with Crippen LogP contribution in [-0.4, -0.2) is 92.6 Å². The molecule has 2 aliphatic rings. The quantitative estimate of drug-likeness (QED) is 0.302. The smallest absolute Gasteiger partial charge is 0.186 e. The van der Waals surface area contributed by atoms with Gasteiger partial charge in [0.25, 0.3) is 0 Å². The van der Waals surface area contributed by atoms with E-state index < -0.39 is 55.3 Å². The summed E-state index contributed by atoms with van der Waals surface area (Å²) in [4.78, 5) is 0. The van der Waals surface area contributed by atoms with E-state index in [1.807, 2.05) is 0 Å². The highest BCUT2D eigenvalue weighted by Gasteiger charge is 2.46. The monoisotopic (exact) mass is 296 g/mol. The van der Waals surface area contributed by atoms with E-state index in [2.05, 4.69) is 0 Å². The Morgan fingerprint density at radius 2 is 1.55 bits per heavy atom. The van der Waals surface area contributed by atoms with Gasteiger partial charge in [-0.25, -0.2) is 0 Å². The summed E-state index contributed by atoms with van der Waals surface area (Å²) in [7, 11) is 0. The number of hydrogen-bond acceptors (Lipinski definition) is 9. The molecule has 20 heavy (non-hydrogen) atoms. The van der Waals surface area contributed by atoms with Crippen molar-refractivity contribution in [2.75, 3.05) is 6.61 Å². The molecule has 2 saturated heterocycles. The first kappa shape index (κ1) is 16.0. The predicted octanol–water partition coefficient (Wildman–Crippen LogP) is -3.73. The summed E-state index contributed by atoms with van der Waals surface area (Å²) in [6.07, 6.45) is -11.9. The van der Waals surface area contributed by atoms with E-state index in [1.165, 1.54) is 6.92 Å². The third-order valence-electron chi connectivity index (χ3n) is 3.54. The lowest BCUT2D eigenvalue weighted by molar-refractivity contribution is -0.337. The summed E-state index contributed by atoms with van der Waals surface area (Å²) < 4.78 is 15.3. The predicted molar refractivity (Wildman–Crippen MR) is 61.2 cm³/mol. The highest BCUT2D eigenvalue weighted by atomic mass is 16.7. The summed E-state index contributed by atoms with van der Waals surface area (Å²) in [6.45, 7) is 1.26. The lowest BCUT2D eigenvalue weighted by Gasteiger charge is -2.43. The van der Waals surface area contributed by atoms with Gasteiger partial charge in [0.15, 0.2) is 12.6 Å². The second-order valence-electron chi connectivity index (χ2n) is 5.06. The third kappa shape index (κ3) is 2.96. The van der Waals surface area contributed by atoms with Crippen LogP contribution in [0.5, 0.6) is 0 Å². The summed E-state index contributed by atoms with van der Waals surface area (Å²) in [5, 5.41) is 57.3. The Morgan fingerprint density at radius 1 is 0.900 bits per heavy atom. The molecule has 9 heteroatoms. The maximum Gasteiger partial charge on any atom is 0.186 e. The van der Waals surface area contributed by atoms with Crippen LogP contribution in [0.1, 0.15) is 6.92 Å². The molecule has 2 aliphatic heterocycles. The lowest BCUT2D eigenvalue weighted by Crippen LogP contribution is -2.61. The van der Waals surface area contributed by atoms with Crippen LogP contribution in [0.3, 0.4) is 0 Å². The first-order valence-corrected chi connectivity index (χ1v) is 6.34. The van der Waals surface area contributed by atoms with Gasteiger partial charge in [0.05, 0.1) is 12.7 Å². The summed E-state index contributed by atoms with van der Waals surface area (Å²) >= 11 is 0. The van der Waals surface area contributed by atoms with Crippen molar-refractivity contribution in [1.82, 2.24) is 0 Å². The van der Waals surface area contributed by atoms with Crippen molar-refractivity contribution in [3.63, 3.8) is 0 Å². The number of hydrogen-bond donors (Lipinski definition) is 6. The van der Waals surface area contributed by atoms with Crippen LogP contribution in [0.15, 0.2) is 0 Å². The van der Waals surface area contributed by atoms with Gasteiger partial charge in [-0.1, -0.05) is 0 Å². The normalized spacial score (nSPS) is 53.9. The zero-order chi connectivity index (χ0) is 15.0. The molecular weight excluding hydrogens is 276 g/mol. The molecule has 2 fully saturated rings. The van der Waals surface area contributed by atoms with E-state index in [4.69, 9.17) is 14.2 Å². The van der Waals surface area contributed by atoms with Crippen LogP contribution in [0.2, 0.25) is 0 Å². The van der Waals surface area contributed by atoms with Crippen molar-refractivity contribution in [1.29, 1.82) is 0 Å². The molecule has 118 valence electrons. The lowest BCUT2D eigenvalue weighted by atomic mass is 9.99. The van der Waals surface area contributed by atoms with Crippen LogP contribution in [0.25, 0.3) is 0 Å². The zero-order valence-corrected chi connectivity index (χ0v) is 10.8. The fourth-order valence-electron chi connectivity index (χ4n) is 2.26. The van der Waals surface area contributed by atoms with Gasteiger partial charge in [0, 0.05) is 0 Å². The molecule has 0 amide bonds. The van der Waals surface area contributed by atoms with Crippen LogP contribution in [0.4, 0.5) is 0 Å². The summed E-state index contributed by atoms with van der Waals surface area (Å²) in [5.41, 5.74) is 0. The fourth-order valence-corrected chi connectivity index (χ4v) is 2.26. The standard InChI is InChI=1S/C11H20O9/c1-3-9(6(14)7(15)10(17)19-3)20-11-8(16)5(13)4(12)2-18-11/h3-17H,2H2,1H3/t3-,4+,5-,6-,7+,8+,9-,10+,11-/m0/s1. The average molecular weight is 296 g/mol. The van der Waals surface area contributed by atoms with Crippen LogP contribution >= 0.6 is 0 Å². The first-order chi connectivity index (χ1) is 9.32. The van der Waals surface area contributed by atoms with Gasteiger partial charge in [0.2, 0.25) is 0 Å². The molecular formula is C11H20O9. The molecule has 0 aromatic rings. The molecule has 0 spiro atoms. The molecule has 0 aromatic carbocycles. The number of aliphatic hydroxyl groups is 6. The average Bonchev–Trinajstić information content (AvgIpc) is 2.41. The Labute approximate surface area is 114 Å². The largest absolute Gasteiger partial charge is 0.388 e. The Kier molecular flexibility index (Phi) is 4.95. The molecule has 2 heterocycles. The maximum absolute atomic E-state index is 9.85. The van der Waals surface area contributed by atoms with Gasteiger partial charge >= 0.3 is 0 Å². The van der Waals surface area contributed by atoms with Crippen molar-refractivity contribution in [3.05, 3.63) is 0 Å². The second-order valence-corrected chi connectivity index (χ2v) is 5.06. The minimum atomic E-state index is -1.56. The Balaban J connectivity index is 2.01. The van der Waals surface area contributed by atoms with Crippen molar-refractivity contribution in [3.8, 4) is 0 Å². The number of rotatable bonds is 2. The van der Waals surface area contributed by atoms with E-state index in [0.717, 1.165) is 0 Å². The summed E-state index contributed by atoms with van der Waals surface area (Å²) in [6, 6.07) is 0. The van der Waals surface area contributed by atoms with Gasteiger partial charge in [-0.2, -0.15) is 0 Å². The molecule has 6 N–H and O–H groups in total. The molecule has 9 nitrogen and oxygen atoms in total. The zero-order valence-electron chi connectivity index (χ0n) is 10.8. The third-order valence-corrected chi connectivity index (χ3v) is 3.54. The van der Waals surface area contributed by atoms with E-state index in [0.29, 0.717) is 0 Å². The van der Waals surface area contributed by atoms with E-state index in [9.17, 15) is 30.6 Å². The molecule has 9 atom stereocenters. The molecule has 0 aromatic heterocycles. The van der Waals surface area contributed by atoms with Crippen LogP contribution in [-0.2, 0) is 14.2 Å². The maximum atomic E-state index is 9.85. The second kappa shape index (κ2) is 6.18. The minimum Gasteiger partial charge on any atom is -0.388 e. The Bertz CT molecular complexity index is 327. The molecule has 0 bridgehead atoms. The molecule has 0 radical (unpaired) electrons. The number of ether oxygens (including phenoxy) is 3. The van der Waals surface area contributed by atoms with Gasteiger partial charge in [-0.3, -0.25) is 0 Å². The highest BCUT2D eigenvalue weighted by Crippen LogP contribution is 2.26. The molecule has 0 unspecified atom stereocenters. The van der Waals surface area contributed by atoms with Gasteiger partial charge in [-0.05, 0) is 6.92 Å². The number of aliphatic hydroxyl groups excluding tert-OH is 6. The highest BCUT2D eigenvalue weighted by molar-refractivity contribution is 4.90.